The molecule has 5 nitrogen and oxygen atoms in total. The standard InChI is InChI=1S/C11H15N5S/c1-3-9-12-13-11-16(9)14-10(17-11)8-4-6-15(2)7-5-8/h4H,3,5-7H2,1-2H3. The number of hydrogen-bond acceptors (Lipinski definition) is 5. The third-order valence-electron chi connectivity index (χ3n) is 3.06. The Morgan fingerprint density at radius 2 is 2.29 bits per heavy atom. The smallest absolute Gasteiger partial charge is 0.234 e. The Bertz CT molecular complexity index is 567. The van der Waals surface area contributed by atoms with Gasteiger partial charge in [-0.15, -0.1) is 10.2 Å². The molecular weight excluding hydrogens is 234 g/mol. The highest BCUT2D eigenvalue weighted by molar-refractivity contribution is 7.17. The lowest BCUT2D eigenvalue weighted by Crippen LogP contribution is -2.23. The van der Waals surface area contributed by atoms with E-state index in [0.29, 0.717) is 0 Å². The van der Waals surface area contributed by atoms with Gasteiger partial charge in [-0.2, -0.15) is 9.61 Å². The lowest BCUT2D eigenvalue weighted by atomic mass is 10.1. The van der Waals surface area contributed by atoms with Crippen molar-refractivity contribution in [1.29, 1.82) is 0 Å². The molecule has 0 bridgehead atoms. The van der Waals surface area contributed by atoms with E-state index in [1.807, 2.05) is 4.52 Å². The van der Waals surface area contributed by atoms with E-state index >= 15 is 0 Å². The molecule has 0 aromatic carbocycles. The zero-order chi connectivity index (χ0) is 11.8. The SMILES string of the molecule is CCc1nnc2sc(C3=CCN(C)CC3)nn12. The van der Waals surface area contributed by atoms with Crippen LogP contribution < -0.4 is 0 Å². The number of fused-ring (bicyclic) bond motifs is 1. The molecule has 3 heterocycles. The average molecular weight is 249 g/mol. The van der Waals surface area contributed by atoms with E-state index in [1.54, 1.807) is 11.3 Å². The highest BCUT2D eigenvalue weighted by atomic mass is 32.1. The lowest BCUT2D eigenvalue weighted by Gasteiger charge is -2.20. The van der Waals surface area contributed by atoms with Crippen LogP contribution in [0.1, 0.15) is 24.2 Å². The molecule has 0 saturated carbocycles. The fourth-order valence-electron chi connectivity index (χ4n) is 1.97. The summed E-state index contributed by atoms with van der Waals surface area (Å²) < 4.78 is 1.87. The third-order valence-corrected chi connectivity index (χ3v) is 4.03. The number of hydrogen-bond donors (Lipinski definition) is 0. The number of aryl methyl sites for hydroxylation is 1. The third kappa shape index (κ3) is 1.87. The van der Waals surface area contributed by atoms with Crippen molar-refractivity contribution in [1.82, 2.24) is 24.7 Å². The number of likely N-dealkylation sites (N-methyl/N-ethyl adjacent to an activating group) is 1. The Morgan fingerprint density at radius 3 is 3.00 bits per heavy atom. The Balaban J connectivity index is 1.98. The molecule has 2 aromatic rings. The minimum absolute atomic E-state index is 0.867. The first-order chi connectivity index (χ1) is 8.28. The average Bonchev–Trinajstić information content (AvgIpc) is 2.89. The van der Waals surface area contributed by atoms with Crippen molar-refractivity contribution >= 4 is 21.9 Å². The molecule has 0 amide bonds. The molecule has 0 saturated heterocycles. The van der Waals surface area contributed by atoms with Crippen LogP contribution in [0.2, 0.25) is 0 Å². The summed E-state index contributed by atoms with van der Waals surface area (Å²) in [5.74, 6) is 0.941. The monoisotopic (exact) mass is 249 g/mol. The van der Waals surface area contributed by atoms with Gasteiger partial charge in [-0.05, 0) is 19.0 Å². The maximum atomic E-state index is 4.62. The van der Waals surface area contributed by atoms with Crippen molar-refractivity contribution in [3.05, 3.63) is 16.9 Å². The van der Waals surface area contributed by atoms with E-state index in [1.165, 1.54) is 5.57 Å². The van der Waals surface area contributed by atoms with Crippen LogP contribution in [-0.4, -0.2) is 44.8 Å². The number of rotatable bonds is 2. The molecule has 0 fully saturated rings. The highest BCUT2D eigenvalue weighted by Crippen LogP contribution is 2.26. The zero-order valence-corrected chi connectivity index (χ0v) is 10.9. The van der Waals surface area contributed by atoms with Gasteiger partial charge in [0.25, 0.3) is 0 Å². The summed E-state index contributed by atoms with van der Waals surface area (Å²) in [5.41, 5.74) is 1.35. The van der Waals surface area contributed by atoms with E-state index in [9.17, 15) is 0 Å². The van der Waals surface area contributed by atoms with Crippen LogP contribution in [0.15, 0.2) is 6.08 Å². The van der Waals surface area contributed by atoms with Crippen molar-refractivity contribution in [2.24, 2.45) is 0 Å². The molecule has 0 atom stereocenters. The molecule has 90 valence electrons. The molecule has 0 aliphatic carbocycles. The van der Waals surface area contributed by atoms with Gasteiger partial charge in [0.05, 0.1) is 0 Å². The van der Waals surface area contributed by atoms with Gasteiger partial charge in [-0.25, -0.2) is 0 Å². The predicted molar refractivity (Wildman–Crippen MR) is 68.1 cm³/mol. The number of aromatic nitrogens is 4. The first-order valence-electron chi connectivity index (χ1n) is 5.87. The van der Waals surface area contributed by atoms with Crippen molar-refractivity contribution in [3.63, 3.8) is 0 Å². The van der Waals surface area contributed by atoms with Gasteiger partial charge in [0.1, 0.15) is 5.01 Å². The minimum atomic E-state index is 0.867. The molecule has 0 spiro atoms. The van der Waals surface area contributed by atoms with Crippen LogP contribution in [0.5, 0.6) is 0 Å². The molecular formula is C11H15N5S. The quantitative estimate of drug-likeness (QED) is 0.808. The lowest BCUT2D eigenvalue weighted by molar-refractivity contribution is 0.370. The van der Waals surface area contributed by atoms with Crippen LogP contribution in [0.4, 0.5) is 0 Å². The fourth-order valence-corrected chi connectivity index (χ4v) is 2.90. The van der Waals surface area contributed by atoms with Crippen molar-refractivity contribution in [3.8, 4) is 0 Å². The van der Waals surface area contributed by atoms with Crippen molar-refractivity contribution in [2.75, 3.05) is 20.1 Å². The van der Waals surface area contributed by atoms with Gasteiger partial charge in [0, 0.05) is 19.5 Å². The molecule has 0 unspecified atom stereocenters. The van der Waals surface area contributed by atoms with E-state index < -0.39 is 0 Å². The Labute approximate surface area is 104 Å². The van der Waals surface area contributed by atoms with E-state index in [0.717, 1.165) is 41.7 Å². The second-order valence-electron chi connectivity index (χ2n) is 4.31. The van der Waals surface area contributed by atoms with Gasteiger partial charge in [0.2, 0.25) is 4.96 Å². The van der Waals surface area contributed by atoms with Gasteiger partial charge in [0.15, 0.2) is 5.82 Å². The van der Waals surface area contributed by atoms with Crippen LogP contribution in [0.3, 0.4) is 0 Å². The van der Waals surface area contributed by atoms with Crippen LogP contribution in [0.25, 0.3) is 10.5 Å². The van der Waals surface area contributed by atoms with Crippen LogP contribution in [0, 0.1) is 0 Å². The van der Waals surface area contributed by atoms with Gasteiger partial charge in [-0.1, -0.05) is 24.3 Å². The zero-order valence-electron chi connectivity index (χ0n) is 10.1. The highest BCUT2D eigenvalue weighted by Gasteiger charge is 2.16. The second-order valence-corrected chi connectivity index (χ2v) is 5.27. The van der Waals surface area contributed by atoms with Gasteiger partial charge in [-0.3, -0.25) is 0 Å². The minimum Gasteiger partial charge on any atom is -0.302 e. The topological polar surface area (TPSA) is 46.3 Å². The Hall–Kier alpha value is -1.27. The molecule has 0 radical (unpaired) electrons. The van der Waals surface area contributed by atoms with Crippen molar-refractivity contribution in [2.45, 2.75) is 19.8 Å². The first-order valence-corrected chi connectivity index (χ1v) is 6.68. The van der Waals surface area contributed by atoms with E-state index in [2.05, 4.69) is 40.2 Å². The molecule has 6 heteroatoms. The fraction of sp³-hybridized carbons (Fsp3) is 0.545. The maximum Gasteiger partial charge on any atom is 0.234 e. The number of nitrogens with zero attached hydrogens (tertiary/aromatic N) is 5. The molecule has 2 aromatic heterocycles. The van der Waals surface area contributed by atoms with E-state index in [-0.39, 0.29) is 0 Å². The molecule has 1 aliphatic heterocycles. The van der Waals surface area contributed by atoms with Crippen LogP contribution in [-0.2, 0) is 6.42 Å². The van der Waals surface area contributed by atoms with E-state index in [4.69, 9.17) is 0 Å². The summed E-state index contributed by atoms with van der Waals surface area (Å²) in [6.07, 6.45) is 4.20. The maximum absolute atomic E-state index is 4.62. The summed E-state index contributed by atoms with van der Waals surface area (Å²) in [5, 5.41) is 14.0. The molecule has 3 rings (SSSR count). The van der Waals surface area contributed by atoms with Crippen LogP contribution >= 0.6 is 11.3 Å². The summed E-state index contributed by atoms with van der Waals surface area (Å²) in [6.45, 7) is 4.19. The predicted octanol–water partition coefficient (Wildman–Crippen LogP) is 1.47. The van der Waals surface area contributed by atoms with Gasteiger partial charge < -0.3 is 4.90 Å². The first kappa shape index (κ1) is 10.9. The summed E-state index contributed by atoms with van der Waals surface area (Å²) in [4.78, 5) is 3.21. The second kappa shape index (κ2) is 4.19. The summed E-state index contributed by atoms with van der Waals surface area (Å²) in [6, 6.07) is 0. The normalized spacial score (nSPS) is 17.6. The molecule has 17 heavy (non-hydrogen) atoms. The summed E-state index contributed by atoms with van der Waals surface area (Å²) >= 11 is 1.63. The largest absolute Gasteiger partial charge is 0.302 e. The molecule has 0 N–H and O–H groups in total. The Morgan fingerprint density at radius 1 is 1.41 bits per heavy atom. The molecule has 1 aliphatic rings. The van der Waals surface area contributed by atoms with Crippen molar-refractivity contribution < 1.29 is 0 Å². The van der Waals surface area contributed by atoms with Gasteiger partial charge >= 0.3 is 0 Å². The summed E-state index contributed by atoms with van der Waals surface area (Å²) in [7, 11) is 2.14. The Kier molecular flexibility index (Phi) is 2.68.